The molecule has 73 valence electrons. The minimum absolute atomic E-state index is 0.898. The lowest BCUT2D eigenvalue weighted by Gasteiger charge is -2.19. The van der Waals surface area contributed by atoms with Crippen LogP contribution >= 0.6 is 0 Å². The number of hydrogen-bond acceptors (Lipinski definition) is 0. The molecule has 0 spiro atoms. The van der Waals surface area contributed by atoms with Gasteiger partial charge in [-0.2, -0.15) is 0 Å². The van der Waals surface area contributed by atoms with Crippen LogP contribution in [0.1, 0.15) is 60.3 Å². The van der Waals surface area contributed by atoms with Crippen molar-refractivity contribution < 1.29 is 0 Å². The van der Waals surface area contributed by atoms with Crippen LogP contribution in [0.2, 0.25) is 0 Å². The van der Waals surface area contributed by atoms with Crippen molar-refractivity contribution in [2.75, 3.05) is 0 Å². The first kappa shape index (κ1) is 12.0. The van der Waals surface area contributed by atoms with Crippen LogP contribution in [0.3, 0.4) is 0 Å². The normalized spacial score (nSPS) is 16.5. The quantitative estimate of drug-likeness (QED) is 0.551. The Kier molecular flexibility index (Phi) is 6.51. The zero-order valence-electron chi connectivity index (χ0n) is 9.48. The minimum Gasteiger partial charge on any atom is -0.0651 e. The molecular weight excluding hydrogens is 144 g/mol. The van der Waals surface area contributed by atoms with E-state index in [1.54, 1.807) is 5.92 Å². The Hall–Kier alpha value is 0. The Bertz CT molecular complexity index is 96.2. The van der Waals surface area contributed by atoms with Crippen molar-refractivity contribution in [3.63, 3.8) is 0 Å². The first-order chi connectivity index (χ1) is 5.61. The molecule has 0 aromatic carbocycles. The number of hydrogen-bond donors (Lipinski definition) is 0. The minimum atomic E-state index is 0.898. The lowest BCUT2D eigenvalue weighted by Crippen LogP contribution is -2.07. The van der Waals surface area contributed by atoms with E-state index in [9.17, 15) is 0 Å². The van der Waals surface area contributed by atoms with Crippen molar-refractivity contribution in [1.29, 1.82) is 0 Å². The molecule has 0 aliphatic rings. The molecule has 1 radical (unpaired) electrons. The van der Waals surface area contributed by atoms with Gasteiger partial charge in [0, 0.05) is 0 Å². The Balaban J connectivity index is 3.49. The first-order valence-corrected chi connectivity index (χ1v) is 5.43. The van der Waals surface area contributed by atoms with Crippen LogP contribution in [0.5, 0.6) is 0 Å². The highest BCUT2D eigenvalue weighted by Crippen LogP contribution is 2.23. The third-order valence-corrected chi connectivity index (χ3v) is 3.25. The van der Waals surface area contributed by atoms with E-state index < -0.39 is 0 Å². The molecule has 0 N–H and O–H groups in total. The molecule has 2 atom stereocenters. The number of rotatable bonds is 6. The van der Waals surface area contributed by atoms with E-state index in [-0.39, 0.29) is 0 Å². The van der Waals surface area contributed by atoms with Crippen molar-refractivity contribution in [3.05, 3.63) is 5.92 Å². The van der Waals surface area contributed by atoms with Crippen LogP contribution in [-0.2, 0) is 0 Å². The highest BCUT2D eigenvalue weighted by Gasteiger charge is 2.11. The van der Waals surface area contributed by atoms with Gasteiger partial charge in [0.2, 0.25) is 0 Å². The van der Waals surface area contributed by atoms with Crippen LogP contribution in [0.15, 0.2) is 0 Å². The molecule has 0 aliphatic heterocycles. The van der Waals surface area contributed by atoms with Gasteiger partial charge in [-0.15, -0.1) is 0 Å². The summed E-state index contributed by atoms with van der Waals surface area (Å²) in [6.45, 7) is 11.6. The van der Waals surface area contributed by atoms with E-state index in [0.29, 0.717) is 0 Å². The molecule has 0 saturated heterocycles. The average molecular weight is 169 g/mol. The van der Waals surface area contributed by atoms with E-state index in [4.69, 9.17) is 0 Å². The largest absolute Gasteiger partial charge is 0.0651 e. The topological polar surface area (TPSA) is 0 Å². The molecule has 0 saturated carbocycles. The summed E-state index contributed by atoms with van der Waals surface area (Å²) in [5.74, 6) is 3.45. The summed E-state index contributed by atoms with van der Waals surface area (Å²) < 4.78 is 0. The van der Waals surface area contributed by atoms with E-state index >= 15 is 0 Å². The third kappa shape index (κ3) is 4.79. The molecule has 0 aromatic heterocycles. The van der Waals surface area contributed by atoms with Crippen molar-refractivity contribution in [2.24, 2.45) is 11.8 Å². The molecule has 0 rings (SSSR count). The second-order valence-corrected chi connectivity index (χ2v) is 4.21. The fraction of sp³-hybridized carbons (Fsp3) is 0.917. The molecule has 0 aromatic rings. The van der Waals surface area contributed by atoms with E-state index in [1.807, 2.05) is 0 Å². The Labute approximate surface area is 78.8 Å². The Morgan fingerprint density at radius 1 is 1.08 bits per heavy atom. The summed E-state index contributed by atoms with van der Waals surface area (Å²) in [5.41, 5.74) is 0. The summed E-state index contributed by atoms with van der Waals surface area (Å²) in [6, 6.07) is 0. The predicted octanol–water partition coefficient (Wildman–Crippen LogP) is 4.45. The van der Waals surface area contributed by atoms with Crippen molar-refractivity contribution in [1.82, 2.24) is 0 Å². The van der Waals surface area contributed by atoms with Gasteiger partial charge >= 0.3 is 0 Å². The van der Waals surface area contributed by atoms with Gasteiger partial charge in [0.15, 0.2) is 0 Å². The maximum atomic E-state index is 2.39. The van der Waals surface area contributed by atoms with Crippen LogP contribution in [0, 0.1) is 17.8 Å². The molecule has 12 heavy (non-hydrogen) atoms. The monoisotopic (exact) mass is 169 g/mol. The lowest BCUT2D eigenvalue weighted by molar-refractivity contribution is 0.349. The zero-order chi connectivity index (χ0) is 9.56. The maximum absolute atomic E-state index is 2.39. The average Bonchev–Trinajstić information content (AvgIpc) is 2.11. The summed E-state index contributed by atoms with van der Waals surface area (Å²) in [7, 11) is 0. The molecule has 2 unspecified atom stereocenters. The highest BCUT2D eigenvalue weighted by atomic mass is 14.2. The summed E-state index contributed by atoms with van der Waals surface area (Å²) in [6.07, 6.45) is 5.30. The molecule has 0 nitrogen and oxygen atoms in total. The van der Waals surface area contributed by atoms with Crippen LogP contribution in [0.4, 0.5) is 0 Å². The maximum Gasteiger partial charge on any atom is -0.0275 e. The SMILES string of the molecule is CC[C](C)CCC(C)C(C)CC. The fourth-order valence-corrected chi connectivity index (χ4v) is 1.34. The molecule has 0 amide bonds. The fourth-order valence-electron chi connectivity index (χ4n) is 1.34. The zero-order valence-corrected chi connectivity index (χ0v) is 9.48. The highest BCUT2D eigenvalue weighted by molar-refractivity contribution is 4.82. The third-order valence-electron chi connectivity index (χ3n) is 3.25. The molecule has 0 heterocycles. The smallest absolute Gasteiger partial charge is 0.0275 e. The van der Waals surface area contributed by atoms with Crippen molar-refractivity contribution in [2.45, 2.75) is 60.3 Å². The van der Waals surface area contributed by atoms with E-state index in [2.05, 4.69) is 34.6 Å². The van der Waals surface area contributed by atoms with E-state index in [0.717, 1.165) is 11.8 Å². The van der Waals surface area contributed by atoms with Gasteiger partial charge in [0.25, 0.3) is 0 Å². The van der Waals surface area contributed by atoms with Gasteiger partial charge in [-0.1, -0.05) is 47.5 Å². The van der Waals surface area contributed by atoms with Crippen molar-refractivity contribution >= 4 is 0 Å². The van der Waals surface area contributed by atoms with Crippen LogP contribution in [0.25, 0.3) is 0 Å². The Morgan fingerprint density at radius 3 is 2.08 bits per heavy atom. The molecular formula is C12H25. The Morgan fingerprint density at radius 2 is 1.67 bits per heavy atom. The molecule has 0 aliphatic carbocycles. The molecule has 0 heteroatoms. The van der Waals surface area contributed by atoms with Gasteiger partial charge in [0.1, 0.15) is 0 Å². The summed E-state index contributed by atoms with van der Waals surface area (Å²) >= 11 is 0. The summed E-state index contributed by atoms with van der Waals surface area (Å²) in [5, 5.41) is 0. The first-order valence-electron chi connectivity index (χ1n) is 5.43. The van der Waals surface area contributed by atoms with Crippen LogP contribution in [-0.4, -0.2) is 0 Å². The van der Waals surface area contributed by atoms with E-state index in [1.165, 1.54) is 25.7 Å². The van der Waals surface area contributed by atoms with Gasteiger partial charge < -0.3 is 0 Å². The standard InChI is InChI=1S/C12H25/c1-6-10(3)8-9-12(5)11(4)7-2/h11-12H,6-9H2,1-5H3. The van der Waals surface area contributed by atoms with Gasteiger partial charge in [-0.05, 0) is 30.6 Å². The van der Waals surface area contributed by atoms with Gasteiger partial charge in [0.05, 0.1) is 0 Å². The summed E-state index contributed by atoms with van der Waals surface area (Å²) in [4.78, 5) is 0. The lowest BCUT2D eigenvalue weighted by atomic mass is 9.87. The second-order valence-electron chi connectivity index (χ2n) is 4.21. The second kappa shape index (κ2) is 6.51. The predicted molar refractivity (Wildman–Crippen MR) is 57.1 cm³/mol. The van der Waals surface area contributed by atoms with Gasteiger partial charge in [-0.25, -0.2) is 0 Å². The van der Waals surface area contributed by atoms with Crippen LogP contribution < -0.4 is 0 Å². The molecule has 0 fully saturated rings. The van der Waals surface area contributed by atoms with Gasteiger partial charge in [-0.3, -0.25) is 0 Å². The molecule has 0 bridgehead atoms. The van der Waals surface area contributed by atoms with Crippen molar-refractivity contribution in [3.8, 4) is 0 Å².